The lowest BCUT2D eigenvalue weighted by Crippen LogP contribution is -2.53. The highest BCUT2D eigenvalue weighted by Crippen LogP contribution is 2.28. The van der Waals surface area contributed by atoms with Gasteiger partial charge in [-0.3, -0.25) is 9.59 Å². The summed E-state index contributed by atoms with van der Waals surface area (Å²) in [6, 6.07) is 9.95. The second kappa shape index (κ2) is 13.3. The van der Waals surface area contributed by atoms with Gasteiger partial charge in [-0.15, -0.1) is 0 Å². The molecule has 37 heavy (non-hydrogen) atoms. The van der Waals surface area contributed by atoms with E-state index in [-0.39, 0.29) is 23.4 Å². The van der Waals surface area contributed by atoms with Gasteiger partial charge in [0.1, 0.15) is 6.04 Å². The fourth-order valence-corrected chi connectivity index (χ4v) is 6.23. The van der Waals surface area contributed by atoms with Gasteiger partial charge in [-0.25, -0.2) is 8.42 Å². The largest absolute Gasteiger partial charge is 0.352 e. The Bertz CT molecular complexity index is 1180. The summed E-state index contributed by atoms with van der Waals surface area (Å²) in [4.78, 5) is 28.4. The summed E-state index contributed by atoms with van der Waals surface area (Å²) < 4.78 is 27.2. The Morgan fingerprint density at radius 2 is 1.59 bits per heavy atom. The van der Waals surface area contributed by atoms with Crippen molar-refractivity contribution < 1.29 is 18.0 Å². The molecular formula is C26H32Cl3N3O4S. The zero-order valence-corrected chi connectivity index (χ0v) is 24.0. The fourth-order valence-electron chi connectivity index (χ4n) is 4.47. The van der Waals surface area contributed by atoms with Crippen LogP contribution in [-0.2, 0) is 26.2 Å². The van der Waals surface area contributed by atoms with E-state index in [1.807, 2.05) is 6.92 Å². The molecular weight excluding hydrogens is 557 g/mol. The highest BCUT2D eigenvalue weighted by atomic mass is 35.5. The van der Waals surface area contributed by atoms with Crippen LogP contribution in [0.2, 0.25) is 15.1 Å². The predicted octanol–water partition coefficient (Wildman–Crippen LogP) is 5.52. The maximum atomic E-state index is 13.6. The van der Waals surface area contributed by atoms with Gasteiger partial charge in [0.25, 0.3) is 0 Å². The molecule has 1 aliphatic carbocycles. The van der Waals surface area contributed by atoms with Crippen LogP contribution in [0.3, 0.4) is 0 Å². The highest BCUT2D eigenvalue weighted by Gasteiger charge is 2.33. The second-order valence-corrected chi connectivity index (χ2v) is 12.5. The Balaban J connectivity index is 1.88. The minimum absolute atomic E-state index is 0.00924. The SMILES string of the molecule is CC[C@@H](C(=O)NC1CCCCC1)N(Cc1c(Cl)cccc1Cl)C(=O)CN(C)S(=O)(=O)c1ccc(Cl)cc1. The van der Waals surface area contributed by atoms with Crippen LogP contribution in [0.15, 0.2) is 47.4 Å². The third kappa shape index (κ3) is 7.60. The van der Waals surface area contributed by atoms with Crippen molar-refractivity contribution in [3.8, 4) is 0 Å². The number of rotatable bonds is 10. The molecule has 2 aromatic rings. The van der Waals surface area contributed by atoms with Gasteiger partial charge in [0.15, 0.2) is 0 Å². The monoisotopic (exact) mass is 587 g/mol. The molecule has 0 heterocycles. The number of sulfonamides is 1. The number of nitrogens with zero attached hydrogens (tertiary/aromatic N) is 2. The van der Waals surface area contributed by atoms with E-state index in [9.17, 15) is 18.0 Å². The van der Waals surface area contributed by atoms with E-state index in [2.05, 4.69) is 5.32 Å². The smallest absolute Gasteiger partial charge is 0.243 e. The second-order valence-electron chi connectivity index (χ2n) is 9.20. The third-order valence-electron chi connectivity index (χ3n) is 6.61. The molecule has 7 nitrogen and oxygen atoms in total. The first-order valence-corrected chi connectivity index (χ1v) is 14.9. The van der Waals surface area contributed by atoms with E-state index in [0.29, 0.717) is 27.1 Å². The maximum absolute atomic E-state index is 13.6. The number of likely N-dealkylation sites (N-methyl/N-ethyl adjacent to an activating group) is 1. The molecule has 0 spiro atoms. The first-order valence-electron chi connectivity index (χ1n) is 12.3. The maximum Gasteiger partial charge on any atom is 0.243 e. The third-order valence-corrected chi connectivity index (χ3v) is 9.39. The van der Waals surface area contributed by atoms with Crippen LogP contribution >= 0.6 is 34.8 Å². The minimum Gasteiger partial charge on any atom is -0.352 e. The van der Waals surface area contributed by atoms with Gasteiger partial charge in [-0.05, 0) is 55.7 Å². The van der Waals surface area contributed by atoms with Crippen molar-refractivity contribution in [2.75, 3.05) is 13.6 Å². The Morgan fingerprint density at radius 3 is 2.16 bits per heavy atom. The van der Waals surface area contributed by atoms with Gasteiger partial charge in [0, 0.05) is 40.3 Å². The van der Waals surface area contributed by atoms with Crippen molar-refractivity contribution in [2.45, 2.75) is 69.0 Å². The molecule has 0 saturated heterocycles. The van der Waals surface area contributed by atoms with Gasteiger partial charge in [-0.2, -0.15) is 4.31 Å². The van der Waals surface area contributed by atoms with Crippen LogP contribution in [0.4, 0.5) is 0 Å². The zero-order valence-electron chi connectivity index (χ0n) is 20.9. The molecule has 0 aromatic heterocycles. The average Bonchev–Trinajstić information content (AvgIpc) is 2.86. The molecule has 1 aliphatic rings. The lowest BCUT2D eigenvalue weighted by molar-refractivity contribution is -0.141. The fraction of sp³-hybridized carbons (Fsp3) is 0.462. The minimum atomic E-state index is -3.97. The lowest BCUT2D eigenvalue weighted by Gasteiger charge is -2.34. The number of hydrogen-bond donors (Lipinski definition) is 1. The van der Waals surface area contributed by atoms with Crippen molar-refractivity contribution in [1.29, 1.82) is 0 Å². The van der Waals surface area contributed by atoms with Crippen LogP contribution in [0.5, 0.6) is 0 Å². The number of benzene rings is 2. The van der Waals surface area contributed by atoms with E-state index in [1.54, 1.807) is 18.2 Å². The van der Waals surface area contributed by atoms with Crippen LogP contribution in [0, 0.1) is 0 Å². The van der Waals surface area contributed by atoms with Gasteiger partial charge in [0.2, 0.25) is 21.8 Å². The number of carbonyl (C=O) groups is 2. The van der Waals surface area contributed by atoms with Crippen LogP contribution < -0.4 is 5.32 Å². The standard InChI is InChI=1S/C26H32Cl3N3O4S/c1-3-24(26(34)30-19-8-5-4-6-9-19)32(16-21-22(28)10-7-11-23(21)29)25(33)17-31(2)37(35,36)20-14-12-18(27)13-15-20/h7,10-15,19,24H,3-6,8-9,16-17H2,1-2H3,(H,30,34)/t24-/m0/s1. The molecule has 1 fully saturated rings. The number of amides is 2. The molecule has 11 heteroatoms. The van der Waals surface area contributed by atoms with Crippen LogP contribution in [-0.4, -0.2) is 55.1 Å². The summed E-state index contributed by atoms with van der Waals surface area (Å²) in [5, 5.41) is 4.20. The van der Waals surface area contributed by atoms with Crippen molar-refractivity contribution in [3.05, 3.63) is 63.1 Å². The van der Waals surface area contributed by atoms with E-state index >= 15 is 0 Å². The first kappa shape index (κ1) is 29.7. The molecule has 0 aliphatic heterocycles. The molecule has 1 N–H and O–H groups in total. The molecule has 0 radical (unpaired) electrons. The van der Waals surface area contributed by atoms with Gasteiger partial charge >= 0.3 is 0 Å². The Kier molecular flexibility index (Phi) is 10.7. The summed E-state index contributed by atoms with van der Waals surface area (Å²) in [7, 11) is -2.65. The summed E-state index contributed by atoms with van der Waals surface area (Å²) in [6.45, 7) is 1.30. The molecule has 0 unspecified atom stereocenters. The van der Waals surface area contributed by atoms with E-state index in [0.717, 1.165) is 36.4 Å². The Hall–Kier alpha value is -1.84. The van der Waals surface area contributed by atoms with Crippen molar-refractivity contribution in [2.24, 2.45) is 0 Å². The molecule has 0 bridgehead atoms. The predicted molar refractivity (Wildman–Crippen MR) is 147 cm³/mol. The van der Waals surface area contributed by atoms with E-state index in [4.69, 9.17) is 34.8 Å². The lowest BCUT2D eigenvalue weighted by atomic mass is 9.95. The van der Waals surface area contributed by atoms with Crippen LogP contribution in [0.1, 0.15) is 51.0 Å². The molecule has 202 valence electrons. The van der Waals surface area contributed by atoms with Gasteiger partial charge in [-0.1, -0.05) is 67.1 Å². The van der Waals surface area contributed by atoms with Crippen molar-refractivity contribution >= 4 is 56.6 Å². The Labute approximate surface area is 234 Å². The van der Waals surface area contributed by atoms with Crippen molar-refractivity contribution in [3.63, 3.8) is 0 Å². The summed E-state index contributed by atoms with van der Waals surface area (Å²) in [6.07, 6.45) is 5.37. The van der Waals surface area contributed by atoms with Gasteiger partial charge in [0.05, 0.1) is 11.4 Å². The number of hydrogen-bond acceptors (Lipinski definition) is 4. The number of carbonyl (C=O) groups excluding carboxylic acids is 2. The molecule has 2 aromatic carbocycles. The van der Waals surface area contributed by atoms with E-state index < -0.39 is 28.5 Å². The highest BCUT2D eigenvalue weighted by molar-refractivity contribution is 7.89. The number of halogens is 3. The Morgan fingerprint density at radius 1 is 1.00 bits per heavy atom. The van der Waals surface area contributed by atoms with Crippen molar-refractivity contribution in [1.82, 2.24) is 14.5 Å². The first-order chi connectivity index (χ1) is 17.5. The molecule has 3 rings (SSSR count). The quantitative estimate of drug-likeness (QED) is 0.396. The topological polar surface area (TPSA) is 86.8 Å². The van der Waals surface area contributed by atoms with E-state index in [1.165, 1.54) is 36.2 Å². The van der Waals surface area contributed by atoms with Crippen LogP contribution in [0.25, 0.3) is 0 Å². The van der Waals surface area contributed by atoms with Gasteiger partial charge < -0.3 is 10.2 Å². The average molecular weight is 589 g/mol. The number of nitrogens with one attached hydrogen (secondary N) is 1. The summed E-state index contributed by atoms with van der Waals surface area (Å²) in [5.41, 5.74) is 0.492. The summed E-state index contributed by atoms with van der Waals surface area (Å²) in [5.74, 6) is -0.809. The molecule has 1 saturated carbocycles. The zero-order chi connectivity index (χ0) is 27.2. The normalized spacial score (nSPS) is 15.4. The molecule has 1 atom stereocenters. The summed E-state index contributed by atoms with van der Waals surface area (Å²) >= 11 is 18.7. The molecule has 2 amide bonds.